The third-order valence-corrected chi connectivity index (χ3v) is 6.16. The predicted octanol–water partition coefficient (Wildman–Crippen LogP) is 4.23. The second-order valence-corrected chi connectivity index (χ2v) is 8.42. The molecule has 0 aliphatic carbocycles. The Kier molecular flexibility index (Phi) is 5.60. The van der Waals surface area contributed by atoms with Crippen molar-refractivity contribution in [1.82, 2.24) is 9.88 Å². The number of carbonyl (C=O) groups excluding carboxylic acids is 1. The van der Waals surface area contributed by atoms with Crippen LogP contribution in [0, 0.1) is 5.82 Å². The highest BCUT2D eigenvalue weighted by Gasteiger charge is 2.26. The maximum absolute atomic E-state index is 13.2. The smallest absolute Gasteiger partial charge is 0.248 e. The third kappa shape index (κ3) is 4.63. The quantitative estimate of drug-likeness (QED) is 0.640. The molecule has 150 valence electrons. The molecule has 1 atom stereocenters. The van der Waals surface area contributed by atoms with Gasteiger partial charge < -0.3 is 15.1 Å². The Balaban J connectivity index is 1.44. The maximum atomic E-state index is 13.2. The van der Waals surface area contributed by atoms with Gasteiger partial charge in [-0.2, -0.15) is 0 Å². The summed E-state index contributed by atoms with van der Waals surface area (Å²) in [6, 6.07) is 12.4. The van der Waals surface area contributed by atoms with Crippen LogP contribution in [-0.4, -0.2) is 49.0 Å². The molecular formula is C22H23FN4OS. The van der Waals surface area contributed by atoms with E-state index in [1.165, 1.54) is 18.2 Å². The van der Waals surface area contributed by atoms with Gasteiger partial charge in [0.05, 0.1) is 10.2 Å². The summed E-state index contributed by atoms with van der Waals surface area (Å²) < 4.78 is 14.3. The number of anilines is 2. The van der Waals surface area contributed by atoms with Crippen molar-refractivity contribution in [2.75, 3.05) is 37.4 Å². The number of carbonyl (C=O) groups is 1. The molecular weight excluding hydrogens is 387 g/mol. The zero-order valence-electron chi connectivity index (χ0n) is 16.4. The Bertz CT molecular complexity index is 1060. The second kappa shape index (κ2) is 8.31. The van der Waals surface area contributed by atoms with Gasteiger partial charge in [0.2, 0.25) is 5.91 Å². The first-order valence-corrected chi connectivity index (χ1v) is 10.4. The van der Waals surface area contributed by atoms with E-state index in [4.69, 9.17) is 4.98 Å². The van der Waals surface area contributed by atoms with Crippen LogP contribution in [0.15, 0.2) is 48.5 Å². The van der Waals surface area contributed by atoms with E-state index in [0.29, 0.717) is 17.3 Å². The molecule has 7 heteroatoms. The molecule has 0 spiro atoms. The second-order valence-electron chi connectivity index (χ2n) is 7.41. The summed E-state index contributed by atoms with van der Waals surface area (Å²) in [4.78, 5) is 21.6. The first-order valence-electron chi connectivity index (χ1n) is 9.54. The summed E-state index contributed by atoms with van der Waals surface area (Å²) in [6.45, 7) is 2.00. The molecule has 0 bridgehead atoms. The molecule has 3 aromatic rings. The van der Waals surface area contributed by atoms with Crippen molar-refractivity contribution in [1.29, 1.82) is 0 Å². The lowest BCUT2D eigenvalue weighted by Gasteiger charge is -2.19. The number of thiazole rings is 1. The fourth-order valence-corrected chi connectivity index (χ4v) is 4.47. The molecule has 1 N–H and O–H groups in total. The largest absolute Gasteiger partial charge is 0.346 e. The van der Waals surface area contributed by atoms with Crippen LogP contribution in [0.4, 0.5) is 15.2 Å². The zero-order chi connectivity index (χ0) is 20.4. The number of fused-ring (bicyclic) bond motifs is 1. The van der Waals surface area contributed by atoms with Crippen LogP contribution in [0.25, 0.3) is 16.3 Å². The molecule has 29 heavy (non-hydrogen) atoms. The highest BCUT2D eigenvalue weighted by Crippen LogP contribution is 2.33. The van der Waals surface area contributed by atoms with Crippen LogP contribution in [0.5, 0.6) is 0 Å². The van der Waals surface area contributed by atoms with Crippen molar-refractivity contribution in [3.63, 3.8) is 0 Å². The van der Waals surface area contributed by atoms with E-state index in [0.717, 1.165) is 34.9 Å². The lowest BCUT2D eigenvalue weighted by molar-refractivity contribution is -0.111. The Morgan fingerprint density at radius 3 is 2.93 bits per heavy atom. The first kappa shape index (κ1) is 19.5. The van der Waals surface area contributed by atoms with E-state index in [-0.39, 0.29) is 11.7 Å². The average molecular weight is 411 g/mol. The molecule has 1 unspecified atom stereocenters. The molecule has 1 fully saturated rings. The van der Waals surface area contributed by atoms with Crippen LogP contribution in [-0.2, 0) is 4.79 Å². The number of benzene rings is 2. The van der Waals surface area contributed by atoms with Crippen LogP contribution in [0.3, 0.4) is 0 Å². The highest BCUT2D eigenvalue weighted by atomic mass is 32.1. The van der Waals surface area contributed by atoms with E-state index in [1.807, 2.05) is 18.2 Å². The van der Waals surface area contributed by atoms with Crippen molar-refractivity contribution in [2.45, 2.75) is 12.5 Å². The van der Waals surface area contributed by atoms with Gasteiger partial charge in [-0.25, -0.2) is 9.37 Å². The number of hydrogen-bond donors (Lipinski definition) is 1. The number of likely N-dealkylation sites (N-methyl/N-ethyl adjacent to an activating group) is 1. The number of amides is 1. The van der Waals surface area contributed by atoms with Crippen LogP contribution in [0.1, 0.15) is 12.0 Å². The van der Waals surface area contributed by atoms with Crippen molar-refractivity contribution < 1.29 is 9.18 Å². The minimum atomic E-state index is -0.325. The Hall–Kier alpha value is -2.77. The monoisotopic (exact) mass is 410 g/mol. The van der Waals surface area contributed by atoms with Gasteiger partial charge in [-0.1, -0.05) is 23.5 Å². The number of nitrogens with one attached hydrogen (secondary N) is 1. The normalized spacial score (nSPS) is 17.0. The fourth-order valence-electron chi connectivity index (χ4n) is 3.43. The van der Waals surface area contributed by atoms with Gasteiger partial charge in [0.1, 0.15) is 5.82 Å². The van der Waals surface area contributed by atoms with E-state index in [2.05, 4.69) is 29.2 Å². The van der Waals surface area contributed by atoms with Crippen LogP contribution < -0.4 is 10.2 Å². The van der Waals surface area contributed by atoms with Crippen molar-refractivity contribution >= 4 is 44.4 Å². The third-order valence-electron chi connectivity index (χ3n) is 5.08. The molecule has 1 aliphatic heterocycles. The first-order chi connectivity index (χ1) is 14.0. The summed E-state index contributed by atoms with van der Waals surface area (Å²) in [7, 11) is 4.23. The lowest BCUT2D eigenvalue weighted by atomic mass is 10.2. The highest BCUT2D eigenvalue weighted by molar-refractivity contribution is 7.22. The van der Waals surface area contributed by atoms with Gasteiger partial charge in [-0.05, 0) is 62.5 Å². The Morgan fingerprint density at radius 1 is 1.31 bits per heavy atom. The van der Waals surface area contributed by atoms with Crippen LogP contribution in [0.2, 0.25) is 0 Å². The number of halogens is 1. The molecule has 1 saturated heterocycles. The summed E-state index contributed by atoms with van der Waals surface area (Å²) in [6.07, 6.45) is 4.14. The number of hydrogen-bond acceptors (Lipinski definition) is 5. The van der Waals surface area contributed by atoms with E-state index < -0.39 is 0 Å². The standard InChI is InChI=1S/C22H23FN4OS/c1-26(2)18-10-11-27(14-18)22-25-19-8-7-17(13-20(19)29-22)24-21(28)9-6-15-4-3-5-16(23)12-15/h3-9,12-13,18H,10-11,14H2,1-2H3,(H,24,28)/b9-6-. The molecule has 2 aromatic carbocycles. The average Bonchev–Trinajstić information content (AvgIpc) is 3.33. The van der Waals surface area contributed by atoms with E-state index >= 15 is 0 Å². The molecule has 4 rings (SSSR count). The topological polar surface area (TPSA) is 48.5 Å². The summed E-state index contributed by atoms with van der Waals surface area (Å²) >= 11 is 1.65. The van der Waals surface area contributed by atoms with Gasteiger partial charge in [-0.15, -0.1) is 0 Å². The minimum absolute atomic E-state index is 0.258. The van der Waals surface area contributed by atoms with E-state index in [9.17, 15) is 9.18 Å². The molecule has 0 radical (unpaired) electrons. The van der Waals surface area contributed by atoms with Crippen molar-refractivity contribution in [3.8, 4) is 0 Å². The molecule has 1 aliphatic rings. The summed E-state index contributed by atoms with van der Waals surface area (Å²) in [5.41, 5.74) is 2.30. The zero-order valence-corrected chi connectivity index (χ0v) is 17.2. The number of nitrogens with zero attached hydrogens (tertiary/aromatic N) is 3. The molecule has 5 nitrogen and oxygen atoms in total. The molecule has 2 heterocycles. The fraction of sp³-hybridized carbons (Fsp3) is 0.273. The Labute approximate surface area is 173 Å². The minimum Gasteiger partial charge on any atom is -0.346 e. The van der Waals surface area contributed by atoms with Gasteiger partial charge in [0.15, 0.2) is 5.13 Å². The summed E-state index contributed by atoms with van der Waals surface area (Å²) in [5.74, 6) is -0.583. The molecule has 1 amide bonds. The number of aromatic nitrogens is 1. The van der Waals surface area contributed by atoms with Gasteiger partial charge >= 0.3 is 0 Å². The van der Waals surface area contributed by atoms with Crippen LogP contribution >= 0.6 is 11.3 Å². The maximum Gasteiger partial charge on any atom is 0.248 e. The SMILES string of the molecule is CN(C)C1CCN(c2nc3ccc(NC(=O)/C=C\c4cccc(F)c4)cc3s2)C1. The Morgan fingerprint density at radius 2 is 2.17 bits per heavy atom. The molecule has 0 saturated carbocycles. The number of rotatable bonds is 5. The van der Waals surface area contributed by atoms with Crippen molar-refractivity contribution in [2.24, 2.45) is 0 Å². The van der Waals surface area contributed by atoms with Gasteiger partial charge in [0.25, 0.3) is 0 Å². The summed E-state index contributed by atoms with van der Waals surface area (Å²) in [5, 5.41) is 3.89. The molecule has 1 aromatic heterocycles. The lowest BCUT2D eigenvalue weighted by Crippen LogP contribution is -2.31. The van der Waals surface area contributed by atoms with Gasteiger partial charge in [0, 0.05) is 30.9 Å². The van der Waals surface area contributed by atoms with E-state index in [1.54, 1.807) is 29.5 Å². The van der Waals surface area contributed by atoms with Gasteiger partial charge in [-0.3, -0.25) is 4.79 Å². The predicted molar refractivity (Wildman–Crippen MR) is 118 cm³/mol. The van der Waals surface area contributed by atoms with Crippen molar-refractivity contribution in [3.05, 3.63) is 59.9 Å².